The van der Waals surface area contributed by atoms with Gasteiger partial charge in [-0.3, -0.25) is 0 Å². The Bertz CT molecular complexity index is 497. The van der Waals surface area contributed by atoms with Crippen molar-refractivity contribution in [2.24, 2.45) is 0 Å². The summed E-state index contributed by atoms with van der Waals surface area (Å²) in [5.41, 5.74) is 7.89. The first kappa shape index (κ1) is 9.99. The van der Waals surface area contributed by atoms with Gasteiger partial charge in [-0.2, -0.15) is 0 Å². The molecule has 0 amide bonds. The Hall–Kier alpha value is -1.54. The van der Waals surface area contributed by atoms with Crippen LogP contribution in [0.2, 0.25) is 5.02 Å². The van der Waals surface area contributed by atoms with Gasteiger partial charge in [0.15, 0.2) is 0 Å². The zero-order valence-electron chi connectivity index (χ0n) is 7.87. The molecule has 3 heteroatoms. The van der Waals surface area contributed by atoms with Crippen molar-refractivity contribution in [3.8, 4) is 11.1 Å². The highest BCUT2D eigenvalue weighted by atomic mass is 35.5. The van der Waals surface area contributed by atoms with Gasteiger partial charge >= 0.3 is 0 Å². The number of nitrogens with two attached hydrogens (primary N) is 1. The molecule has 0 aliphatic rings. The molecule has 0 aromatic heterocycles. The van der Waals surface area contributed by atoms with E-state index in [1.54, 1.807) is 24.3 Å². The minimum atomic E-state index is -0.276. The molecule has 0 radical (unpaired) electrons. The van der Waals surface area contributed by atoms with Crippen molar-refractivity contribution in [1.82, 2.24) is 0 Å². The number of hydrogen-bond donors (Lipinski definition) is 1. The van der Waals surface area contributed by atoms with E-state index < -0.39 is 0 Å². The molecule has 0 unspecified atom stereocenters. The van der Waals surface area contributed by atoms with Crippen LogP contribution in [0.15, 0.2) is 42.5 Å². The minimum absolute atomic E-state index is 0.276. The third-order valence-electron chi connectivity index (χ3n) is 2.15. The lowest BCUT2D eigenvalue weighted by Crippen LogP contribution is -1.90. The minimum Gasteiger partial charge on any atom is -0.398 e. The topological polar surface area (TPSA) is 26.0 Å². The highest BCUT2D eigenvalue weighted by Crippen LogP contribution is 2.28. The summed E-state index contributed by atoms with van der Waals surface area (Å²) in [6, 6.07) is 11.5. The van der Waals surface area contributed by atoms with Crippen molar-refractivity contribution in [3.63, 3.8) is 0 Å². The van der Waals surface area contributed by atoms with Crippen molar-refractivity contribution >= 4 is 17.3 Å². The van der Waals surface area contributed by atoms with Crippen LogP contribution in [0.3, 0.4) is 0 Å². The van der Waals surface area contributed by atoms with Crippen molar-refractivity contribution in [2.75, 3.05) is 5.73 Å². The fourth-order valence-electron chi connectivity index (χ4n) is 1.45. The molecule has 0 fully saturated rings. The molecule has 0 heterocycles. The zero-order chi connectivity index (χ0) is 10.8. The summed E-state index contributed by atoms with van der Waals surface area (Å²) in [5.74, 6) is -0.276. The molecule has 0 atom stereocenters. The molecular formula is C12H9ClFN. The molecule has 2 N–H and O–H groups in total. The van der Waals surface area contributed by atoms with Gasteiger partial charge in [-0.25, -0.2) is 4.39 Å². The van der Waals surface area contributed by atoms with E-state index in [4.69, 9.17) is 17.3 Å². The molecule has 0 spiro atoms. The fourth-order valence-corrected chi connectivity index (χ4v) is 1.63. The summed E-state index contributed by atoms with van der Waals surface area (Å²) in [5, 5.41) is 0.577. The molecule has 1 nitrogen and oxygen atoms in total. The molecular weight excluding hydrogens is 213 g/mol. The number of hydrogen-bond acceptors (Lipinski definition) is 1. The van der Waals surface area contributed by atoms with Crippen LogP contribution in [-0.4, -0.2) is 0 Å². The third kappa shape index (κ3) is 2.10. The Labute approximate surface area is 92.3 Å². The van der Waals surface area contributed by atoms with Gasteiger partial charge in [0.05, 0.1) is 0 Å². The average molecular weight is 222 g/mol. The molecule has 76 valence electrons. The van der Waals surface area contributed by atoms with Crippen LogP contribution in [-0.2, 0) is 0 Å². The van der Waals surface area contributed by atoms with Gasteiger partial charge < -0.3 is 5.73 Å². The van der Waals surface area contributed by atoms with Gasteiger partial charge in [-0.1, -0.05) is 29.8 Å². The monoisotopic (exact) mass is 221 g/mol. The molecule has 0 bridgehead atoms. The molecule has 15 heavy (non-hydrogen) atoms. The van der Waals surface area contributed by atoms with E-state index in [1.165, 1.54) is 12.1 Å². The van der Waals surface area contributed by atoms with Gasteiger partial charge in [-0.15, -0.1) is 0 Å². The van der Waals surface area contributed by atoms with Crippen molar-refractivity contribution in [3.05, 3.63) is 53.3 Å². The maximum atomic E-state index is 13.0. The Morgan fingerprint density at radius 2 is 1.87 bits per heavy atom. The number of halogens is 2. The number of rotatable bonds is 1. The molecule has 0 saturated heterocycles. The predicted octanol–water partition coefficient (Wildman–Crippen LogP) is 3.73. The first-order chi connectivity index (χ1) is 7.16. The van der Waals surface area contributed by atoms with E-state index >= 15 is 0 Å². The number of benzene rings is 2. The van der Waals surface area contributed by atoms with Crippen LogP contribution in [0.5, 0.6) is 0 Å². The van der Waals surface area contributed by atoms with E-state index in [1.807, 2.05) is 6.07 Å². The van der Waals surface area contributed by atoms with Crippen LogP contribution in [0.1, 0.15) is 0 Å². The van der Waals surface area contributed by atoms with Crippen molar-refractivity contribution < 1.29 is 4.39 Å². The number of anilines is 1. The smallest absolute Gasteiger partial charge is 0.123 e. The Kier molecular flexibility index (Phi) is 2.60. The molecule has 0 saturated carbocycles. The Morgan fingerprint density at radius 1 is 1.07 bits per heavy atom. The summed E-state index contributed by atoms with van der Waals surface area (Å²) in [6.45, 7) is 0. The number of nitrogen functional groups attached to an aromatic ring is 1. The van der Waals surface area contributed by atoms with Gasteiger partial charge in [-0.05, 0) is 29.8 Å². The van der Waals surface area contributed by atoms with Gasteiger partial charge in [0.1, 0.15) is 5.82 Å². The highest BCUT2D eigenvalue weighted by Gasteiger charge is 2.03. The summed E-state index contributed by atoms with van der Waals surface area (Å²) in [7, 11) is 0. The predicted molar refractivity (Wildman–Crippen MR) is 61.3 cm³/mol. The first-order valence-electron chi connectivity index (χ1n) is 4.48. The quantitative estimate of drug-likeness (QED) is 0.730. The largest absolute Gasteiger partial charge is 0.398 e. The molecule has 2 rings (SSSR count). The fraction of sp³-hybridized carbons (Fsp3) is 0. The third-order valence-corrected chi connectivity index (χ3v) is 2.38. The standard InChI is InChI=1S/C12H9ClFN/c13-9-4-5-11(12(15)7-9)8-2-1-3-10(14)6-8/h1-7H,15H2. The second kappa shape index (κ2) is 3.91. The first-order valence-corrected chi connectivity index (χ1v) is 4.85. The second-order valence-corrected chi connectivity index (χ2v) is 3.68. The van der Waals surface area contributed by atoms with Gasteiger partial charge in [0.25, 0.3) is 0 Å². The molecule has 0 aliphatic carbocycles. The maximum absolute atomic E-state index is 13.0. The lowest BCUT2D eigenvalue weighted by molar-refractivity contribution is 0.628. The van der Waals surface area contributed by atoms with Crippen molar-refractivity contribution in [2.45, 2.75) is 0 Å². The molecule has 2 aromatic rings. The lowest BCUT2D eigenvalue weighted by Gasteiger charge is -2.06. The van der Waals surface area contributed by atoms with Crippen LogP contribution in [0.25, 0.3) is 11.1 Å². The zero-order valence-corrected chi connectivity index (χ0v) is 8.63. The van der Waals surface area contributed by atoms with Crippen LogP contribution in [0, 0.1) is 5.82 Å². The normalized spacial score (nSPS) is 10.3. The molecule has 2 aromatic carbocycles. The van der Waals surface area contributed by atoms with Crippen LogP contribution >= 0.6 is 11.6 Å². The van der Waals surface area contributed by atoms with Crippen LogP contribution in [0.4, 0.5) is 10.1 Å². The summed E-state index contributed by atoms with van der Waals surface area (Å²) in [6.07, 6.45) is 0. The SMILES string of the molecule is Nc1cc(Cl)ccc1-c1cccc(F)c1. The maximum Gasteiger partial charge on any atom is 0.123 e. The average Bonchev–Trinajstić information content (AvgIpc) is 2.17. The summed E-state index contributed by atoms with van der Waals surface area (Å²) >= 11 is 5.78. The van der Waals surface area contributed by atoms with E-state index in [9.17, 15) is 4.39 Å². The van der Waals surface area contributed by atoms with E-state index in [0.29, 0.717) is 10.7 Å². The highest BCUT2D eigenvalue weighted by molar-refractivity contribution is 6.31. The lowest BCUT2D eigenvalue weighted by atomic mass is 10.0. The Balaban J connectivity index is 2.54. The van der Waals surface area contributed by atoms with E-state index in [2.05, 4.69) is 0 Å². The van der Waals surface area contributed by atoms with Gasteiger partial charge in [0, 0.05) is 16.3 Å². The summed E-state index contributed by atoms with van der Waals surface area (Å²) in [4.78, 5) is 0. The van der Waals surface area contributed by atoms with Crippen LogP contribution < -0.4 is 5.73 Å². The summed E-state index contributed by atoms with van der Waals surface area (Å²) < 4.78 is 13.0. The second-order valence-electron chi connectivity index (χ2n) is 3.24. The Morgan fingerprint density at radius 3 is 2.53 bits per heavy atom. The van der Waals surface area contributed by atoms with E-state index in [-0.39, 0.29) is 5.82 Å². The van der Waals surface area contributed by atoms with Gasteiger partial charge in [0.2, 0.25) is 0 Å². The van der Waals surface area contributed by atoms with E-state index in [0.717, 1.165) is 11.1 Å². The van der Waals surface area contributed by atoms with Crippen molar-refractivity contribution in [1.29, 1.82) is 0 Å². The molecule has 0 aliphatic heterocycles.